The van der Waals surface area contributed by atoms with Gasteiger partial charge in [-0.25, -0.2) is 8.78 Å². The third-order valence-electron chi connectivity index (χ3n) is 12.7. The number of nitrogens with one attached hydrogen (secondary N) is 1. The molecule has 222 valence electrons. The van der Waals surface area contributed by atoms with Gasteiger partial charge in [0.1, 0.15) is 6.10 Å². The van der Waals surface area contributed by atoms with Crippen molar-refractivity contribution in [1.82, 2.24) is 5.32 Å². The molecule has 0 aliphatic heterocycles. The van der Waals surface area contributed by atoms with Crippen LogP contribution in [0.2, 0.25) is 0 Å². The first-order valence-corrected chi connectivity index (χ1v) is 15.5. The van der Waals surface area contributed by atoms with E-state index in [1.165, 1.54) is 0 Å². The first-order valence-electron chi connectivity index (χ1n) is 15.5. The maximum Gasteiger partial charge on any atom is 1.00 e. The van der Waals surface area contributed by atoms with E-state index in [9.17, 15) is 33.7 Å². The Kier molecular flexibility index (Phi) is 9.80. The summed E-state index contributed by atoms with van der Waals surface area (Å²) in [5, 5.41) is 35.9. The number of rotatable bonds is 6. The molecule has 0 saturated heterocycles. The zero-order valence-corrected chi connectivity index (χ0v) is 26.8. The number of aliphatic hydroxyl groups is 2. The van der Waals surface area contributed by atoms with Gasteiger partial charge in [-0.05, 0) is 104 Å². The summed E-state index contributed by atoms with van der Waals surface area (Å²) in [4.78, 5) is 24.3. The van der Waals surface area contributed by atoms with Gasteiger partial charge in [-0.2, -0.15) is 0 Å². The van der Waals surface area contributed by atoms with Gasteiger partial charge >= 0.3 is 29.6 Å². The summed E-state index contributed by atoms with van der Waals surface area (Å²) >= 11 is 0. The Balaban J connectivity index is 0.00000370. The molecule has 6 nitrogen and oxygen atoms in total. The second-order valence-electron chi connectivity index (χ2n) is 14.6. The number of carbonyl (C=O) groups excluding carboxylic acids is 2. The van der Waals surface area contributed by atoms with E-state index in [4.69, 9.17) is 0 Å². The van der Waals surface area contributed by atoms with E-state index in [2.05, 4.69) is 19.2 Å². The number of alkyl halides is 2. The van der Waals surface area contributed by atoms with Crippen molar-refractivity contribution >= 4 is 11.9 Å². The summed E-state index contributed by atoms with van der Waals surface area (Å²) in [7, 11) is 0. The van der Waals surface area contributed by atoms with Crippen LogP contribution in [0.1, 0.15) is 104 Å². The van der Waals surface area contributed by atoms with Crippen LogP contribution in [0.3, 0.4) is 0 Å². The van der Waals surface area contributed by atoms with Crippen molar-refractivity contribution in [3.63, 3.8) is 0 Å². The molecule has 5 saturated carbocycles. The first-order chi connectivity index (χ1) is 18.3. The van der Waals surface area contributed by atoms with Crippen LogP contribution in [0, 0.1) is 52.3 Å². The van der Waals surface area contributed by atoms with E-state index in [1.807, 2.05) is 6.92 Å². The number of aliphatic hydroxyl groups excluding tert-OH is 2. The van der Waals surface area contributed by atoms with Crippen LogP contribution < -0.4 is 40.0 Å². The Hall–Kier alpha value is -0.280. The predicted molar refractivity (Wildman–Crippen MR) is 140 cm³/mol. The molecule has 5 fully saturated rings. The number of hydrogen-bond donors (Lipinski definition) is 3. The molecule has 4 unspecified atom stereocenters. The molecule has 0 heterocycles. The molecule has 5 aliphatic rings. The SMILES string of the molecule is C[C@H](CCC(=O)NC1CCCC[C@H]1C(=O)[O-])[C@H]1CCC2C3C(CC[C@@]21C)[C@@]1(C)CC(F)(F)[C@H](O)C[C@H]1C[C@@H]3O.[Na+]. The molecule has 5 aliphatic carbocycles. The fourth-order valence-corrected chi connectivity index (χ4v) is 10.6. The van der Waals surface area contributed by atoms with Crippen LogP contribution >= 0.6 is 0 Å². The summed E-state index contributed by atoms with van der Waals surface area (Å²) in [5.41, 5.74) is -0.570. The van der Waals surface area contributed by atoms with Crippen molar-refractivity contribution in [3.8, 4) is 0 Å². The molecule has 0 spiro atoms. The predicted octanol–water partition coefficient (Wildman–Crippen LogP) is 1.07. The van der Waals surface area contributed by atoms with Crippen molar-refractivity contribution < 1.29 is 63.2 Å². The van der Waals surface area contributed by atoms with Crippen molar-refractivity contribution in [2.75, 3.05) is 0 Å². The molecule has 5 rings (SSSR count). The molecule has 0 aromatic heterocycles. The van der Waals surface area contributed by atoms with E-state index in [-0.39, 0.29) is 83.4 Å². The minimum absolute atomic E-state index is 0. The van der Waals surface area contributed by atoms with Gasteiger partial charge < -0.3 is 25.4 Å². The summed E-state index contributed by atoms with van der Waals surface area (Å²) in [6.45, 7) is 6.53. The maximum atomic E-state index is 14.8. The smallest absolute Gasteiger partial charge is 0.550 e. The number of amides is 1. The Morgan fingerprint density at radius 2 is 1.68 bits per heavy atom. The second kappa shape index (κ2) is 12.0. The van der Waals surface area contributed by atoms with Crippen LogP contribution in [0.5, 0.6) is 0 Å². The van der Waals surface area contributed by atoms with E-state index in [0.717, 1.165) is 44.9 Å². The Labute approximate surface area is 260 Å². The molecule has 9 heteroatoms. The number of aliphatic carboxylic acids is 1. The Bertz CT molecular complexity index is 953. The normalized spacial score (nSPS) is 46.6. The van der Waals surface area contributed by atoms with Crippen molar-refractivity contribution in [1.29, 1.82) is 0 Å². The van der Waals surface area contributed by atoms with E-state index >= 15 is 0 Å². The van der Waals surface area contributed by atoms with Crippen molar-refractivity contribution in [2.45, 2.75) is 128 Å². The van der Waals surface area contributed by atoms with Gasteiger partial charge in [0.2, 0.25) is 5.91 Å². The van der Waals surface area contributed by atoms with E-state index < -0.39 is 35.4 Å². The Morgan fingerprint density at radius 3 is 2.38 bits per heavy atom. The summed E-state index contributed by atoms with van der Waals surface area (Å²) in [6.07, 6.45) is 5.97. The van der Waals surface area contributed by atoms with Gasteiger partial charge in [0.15, 0.2) is 0 Å². The zero-order valence-electron chi connectivity index (χ0n) is 24.8. The molecule has 12 atom stereocenters. The van der Waals surface area contributed by atoms with Gasteiger partial charge in [0, 0.05) is 30.8 Å². The average molecular weight is 576 g/mol. The molecule has 40 heavy (non-hydrogen) atoms. The monoisotopic (exact) mass is 575 g/mol. The fraction of sp³-hybridized carbons (Fsp3) is 0.935. The van der Waals surface area contributed by atoms with E-state index in [0.29, 0.717) is 37.5 Å². The minimum atomic E-state index is -3.08. The van der Waals surface area contributed by atoms with Gasteiger partial charge in [-0.3, -0.25) is 4.79 Å². The molecular weight excluding hydrogens is 527 g/mol. The molecule has 0 aromatic carbocycles. The quantitative estimate of drug-likeness (QED) is 0.411. The van der Waals surface area contributed by atoms with Gasteiger partial charge in [0.25, 0.3) is 5.92 Å². The number of fused-ring (bicyclic) bond motifs is 5. The van der Waals surface area contributed by atoms with Gasteiger partial charge in [0.05, 0.1) is 6.10 Å². The molecule has 0 bridgehead atoms. The Morgan fingerprint density at radius 1 is 1.00 bits per heavy atom. The van der Waals surface area contributed by atoms with Crippen molar-refractivity contribution in [2.24, 2.45) is 52.3 Å². The minimum Gasteiger partial charge on any atom is -0.550 e. The molecule has 1 amide bonds. The largest absolute Gasteiger partial charge is 1.00 e. The summed E-state index contributed by atoms with van der Waals surface area (Å²) in [5.74, 6) is -3.93. The van der Waals surface area contributed by atoms with Crippen LogP contribution in [0.25, 0.3) is 0 Å². The van der Waals surface area contributed by atoms with Crippen LogP contribution in [-0.2, 0) is 9.59 Å². The average Bonchev–Trinajstić information content (AvgIpc) is 3.21. The third kappa shape index (κ3) is 5.67. The summed E-state index contributed by atoms with van der Waals surface area (Å²) in [6, 6.07) is -0.346. The molecule has 0 radical (unpaired) electrons. The molecule has 3 N–H and O–H groups in total. The van der Waals surface area contributed by atoms with Crippen molar-refractivity contribution in [3.05, 3.63) is 0 Å². The van der Waals surface area contributed by atoms with Gasteiger partial charge in [-0.1, -0.05) is 33.6 Å². The topological polar surface area (TPSA) is 110 Å². The number of hydrogen-bond acceptors (Lipinski definition) is 5. The van der Waals surface area contributed by atoms with Crippen LogP contribution in [0.4, 0.5) is 8.78 Å². The number of carbonyl (C=O) groups is 2. The zero-order chi connectivity index (χ0) is 28.3. The fourth-order valence-electron chi connectivity index (χ4n) is 10.6. The van der Waals surface area contributed by atoms with E-state index in [1.54, 1.807) is 0 Å². The maximum absolute atomic E-state index is 14.8. The number of carboxylic acid groups (broad SMARTS) is 1. The second-order valence-corrected chi connectivity index (χ2v) is 14.6. The summed E-state index contributed by atoms with van der Waals surface area (Å²) < 4.78 is 29.5. The standard InChI is InChI=1S/C31H49F2NO5.Na/c1-17(8-11-26(37)34-23-7-5-4-6-19(23)28(38)39)20-9-10-21-27-22(12-13-29(20,21)2)30(3)16-31(32,33)25(36)15-18(30)14-24(27)35;/h17-25,27,35-36H,4-16H2,1-3H3,(H,34,37)(H,38,39);/q;+1/p-1/t17-,18-,19-,20-,21?,22?,23?,24+,25-,27?,29-,30+;/m1./s1. The number of carboxylic acids is 1. The number of halogens is 2. The molecular formula is C31H48F2NNaO5. The van der Waals surface area contributed by atoms with Crippen LogP contribution in [-0.4, -0.2) is 46.3 Å². The third-order valence-corrected chi connectivity index (χ3v) is 12.7. The van der Waals surface area contributed by atoms with Crippen LogP contribution in [0.15, 0.2) is 0 Å². The first kappa shape index (κ1) is 32.6. The molecule has 0 aromatic rings. The van der Waals surface area contributed by atoms with Gasteiger partial charge in [-0.15, -0.1) is 0 Å².